The molecule has 0 N–H and O–H groups in total. The maximum Gasteiger partial charge on any atom is 0.231 e. The molecule has 0 aliphatic carbocycles. The fraction of sp³-hybridized carbons (Fsp3) is 0.222. The molecule has 1 aromatic rings. The average molecular weight is 199 g/mol. The van der Waals surface area contributed by atoms with E-state index in [1.165, 1.54) is 0 Å². The number of carbonyl (C=O) groups is 1. The summed E-state index contributed by atoms with van der Waals surface area (Å²) in [5, 5.41) is -0.421. The molecule has 0 radical (unpaired) electrons. The molecular weight excluding hydrogens is 192 g/mol. The summed E-state index contributed by atoms with van der Waals surface area (Å²) in [7, 11) is 0. The van der Waals surface area contributed by atoms with Crippen molar-refractivity contribution in [3.05, 3.63) is 29.8 Å². The largest absolute Gasteiger partial charge is 0.337 e. The Morgan fingerprint density at radius 1 is 1.46 bits per heavy atom. The van der Waals surface area contributed by atoms with Crippen LogP contribution >= 0.6 is 11.6 Å². The van der Waals surface area contributed by atoms with Crippen molar-refractivity contribution in [3.8, 4) is 5.75 Å². The van der Waals surface area contributed by atoms with E-state index >= 15 is 0 Å². The first-order chi connectivity index (χ1) is 6.29. The van der Waals surface area contributed by atoms with Gasteiger partial charge in [0.05, 0.1) is 5.92 Å². The molecule has 0 fully saturated rings. The summed E-state index contributed by atoms with van der Waals surface area (Å²) in [6, 6.07) is 7.19. The van der Waals surface area contributed by atoms with E-state index in [9.17, 15) is 4.79 Å². The normalized spacial score (nSPS) is 20.2. The molecular formula is C9H7ClO3. The van der Waals surface area contributed by atoms with Crippen LogP contribution in [0.25, 0.3) is 0 Å². The zero-order chi connectivity index (χ0) is 9.26. The van der Waals surface area contributed by atoms with Crippen LogP contribution in [0.3, 0.4) is 0 Å². The number of para-hydroxylation sites is 1. The van der Waals surface area contributed by atoms with Gasteiger partial charge in [0.2, 0.25) is 5.24 Å². The van der Waals surface area contributed by atoms with Gasteiger partial charge in [0, 0.05) is 5.56 Å². The van der Waals surface area contributed by atoms with Crippen molar-refractivity contribution in [2.24, 2.45) is 0 Å². The van der Waals surface area contributed by atoms with E-state index in [1.807, 2.05) is 18.2 Å². The number of fused-ring (bicyclic) bond motifs is 1. The van der Waals surface area contributed by atoms with E-state index < -0.39 is 11.2 Å². The van der Waals surface area contributed by atoms with E-state index in [-0.39, 0.29) is 6.61 Å². The predicted molar refractivity (Wildman–Crippen MR) is 46.6 cm³/mol. The third kappa shape index (κ3) is 1.53. The molecule has 1 aliphatic heterocycles. The molecule has 2 rings (SSSR count). The Hall–Kier alpha value is -1.06. The van der Waals surface area contributed by atoms with Crippen molar-refractivity contribution in [1.29, 1.82) is 0 Å². The van der Waals surface area contributed by atoms with Crippen molar-refractivity contribution in [2.75, 3.05) is 6.61 Å². The van der Waals surface area contributed by atoms with Crippen LogP contribution < -0.4 is 4.89 Å². The van der Waals surface area contributed by atoms with Gasteiger partial charge in [0.25, 0.3) is 0 Å². The lowest BCUT2D eigenvalue weighted by Gasteiger charge is -2.21. The molecule has 0 saturated heterocycles. The van der Waals surface area contributed by atoms with Crippen molar-refractivity contribution in [3.63, 3.8) is 0 Å². The molecule has 0 spiro atoms. The molecule has 0 amide bonds. The second kappa shape index (κ2) is 3.36. The number of hydrogen-bond acceptors (Lipinski definition) is 3. The Balaban J connectivity index is 2.42. The molecule has 1 heterocycles. The highest BCUT2D eigenvalue weighted by Crippen LogP contribution is 2.32. The first-order valence-corrected chi connectivity index (χ1v) is 4.24. The fourth-order valence-electron chi connectivity index (χ4n) is 1.29. The number of carbonyl (C=O) groups excluding carboxylic acids is 1. The van der Waals surface area contributed by atoms with Gasteiger partial charge in [-0.05, 0) is 17.7 Å². The molecule has 0 saturated carbocycles. The number of benzene rings is 1. The maximum absolute atomic E-state index is 11.0. The Morgan fingerprint density at radius 3 is 3.00 bits per heavy atom. The smallest absolute Gasteiger partial charge is 0.231 e. The number of hydrogen-bond donors (Lipinski definition) is 0. The highest BCUT2D eigenvalue weighted by molar-refractivity contribution is 6.64. The minimum atomic E-state index is -0.421. The van der Waals surface area contributed by atoms with E-state index in [0.29, 0.717) is 5.75 Å². The van der Waals surface area contributed by atoms with Gasteiger partial charge in [0.15, 0.2) is 5.75 Å². The average Bonchev–Trinajstić information content (AvgIpc) is 2.17. The van der Waals surface area contributed by atoms with Gasteiger partial charge in [-0.15, -0.1) is 0 Å². The molecule has 4 heteroatoms. The molecule has 1 unspecified atom stereocenters. The van der Waals surface area contributed by atoms with Gasteiger partial charge in [0.1, 0.15) is 6.61 Å². The molecule has 0 aromatic heterocycles. The molecule has 3 nitrogen and oxygen atoms in total. The zero-order valence-corrected chi connectivity index (χ0v) is 7.45. The van der Waals surface area contributed by atoms with Gasteiger partial charge >= 0.3 is 0 Å². The topological polar surface area (TPSA) is 35.5 Å². The van der Waals surface area contributed by atoms with Crippen LogP contribution in [0.1, 0.15) is 11.5 Å². The van der Waals surface area contributed by atoms with Gasteiger partial charge in [-0.3, -0.25) is 4.79 Å². The Morgan fingerprint density at radius 2 is 2.23 bits per heavy atom. The molecule has 0 bridgehead atoms. The molecule has 68 valence electrons. The summed E-state index contributed by atoms with van der Waals surface area (Å²) in [5.41, 5.74) is 0.786. The van der Waals surface area contributed by atoms with E-state index in [4.69, 9.17) is 21.4 Å². The highest BCUT2D eigenvalue weighted by Gasteiger charge is 2.27. The standard InChI is InChI=1S/C9H7ClO3/c10-9(11)7-5-12-13-8-4-2-1-3-6(7)8/h1-4,7H,5H2. The van der Waals surface area contributed by atoms with Crippen LogP contribution in [-0.4, -0.2) is 11.8 Å². The summed E-state index contributed by atoms with van der Waals surface area (Å²) >= 11 is 5.41. The lowest BCUT2D eigenvalue weighted by molar-refractivity contribution is -0.220. The van der Waals surface area contributed by atoms with Crippen molar-refractivity contribution >= 4 is 16.8 Å². The van der Waals surface area contributed by atoms with E-state index in [1.54, 1.807) is 6.07 Å². The molecule has 13 heavy (non-hydrogen) atoms. The van der Waals surface area contributed by atoms with Gasteiger partial charge in [-0.2, -0.15) is 4.89 Å². The van der Waals surface area contributed by atoms with Crippen LogP contribution in [0, 0.1) is 0 Å². The lowest BCUT2D eigenvalue weighted by atomic mass is 10.00. The van der Waals surface area contributed by atoms with Crippen LogP contribution in [0.4, 0.5) is 0 Å². The minimum Gasteiger partial charge on any atom is -0.337 e. The first-order valence-electron chi connectivity index (χ1n) is 3.87. The number of halogens is 1. The third-order valence-corrected chi connectivity index (χ3v) is 2.22. The summed E-state index contributed by atoms with van der Waals surface area (Å²) in [5.74, 6) is 0.152. The predicted octanol–water partition coefficient (Wildman–Crippen LogP) is 1.86. The summed E-state index contributed by atoms with van der Waals surface area (Å²) in [6.07, 6.45) is 0. The van der Waals surface area contributed by atoms with Crippen molar-refractivity contribution in [1.82, 2.24) is 0 Å². The molecule has 1 aliphatic rings. The first kappa shape index (κ1) is 8.53. The van der Waals surface area contributed by atoms with Gasteiger partial charge < -0.3 is 4.89 Å². The molecule has 1 aromatic carbocycles. The van der Waals surface area contributed by atoms with Crippen LogP contribution in [0.2, 0.25) is 0 Å². The third-order valence-electron chi connectivity index (χ3n) is 1.95. The van der Waals surface area contributed by atoms with E-state index in [2.05, 4.69) is 0 Å². The van der Waals surface area contributed by atoms with Crippen molar-refractivity contribution < 1.29 is 14.6 Å². The lowest BCUT2D eigenvalue weighted by Crippen LogP contribution is -2.21. The summed E-state index contributed by atoms with van der Waals surface area (Å²) in [4.78, 5) is 20.6. The highest BCUT2D eigenvalue weighted by atomic mass is 35.5. The van der Waals surface area contributed by atoms with Crippen LogP contribution in [-0.2, 0) is 9.68 Å². The molecule has 1 atom stereocenters. The second-order valence-corrected chi connectivity index (χ2v) is 3.13. The maximum atomic E-state index is 11.0. The van der Waals surface area contributed by atoms with Crippen molar-refractivity contribution in [2.45, 2.75) is 5.92 Å². The van der Waals surface area contributed by atoms with Gasteiger partial charge in [-0.1, -0.05) is 18.2 Å². The van der Waals surface area contributed by atoms with E-state index in [0.717, 1.165) is 5.56 Å². The Kier molecular flexibility index (Phi) is 2.20. The summed E-state index contributed by atoms with van der Waals surface area (Å²) < 4.78 is 0. The Bertz CT molecular complexity index is 337. The Labute approximate surface area is 80.1 Å². The quantitative estimate of drug-likeness (QED) is 0.511. The zero-order valence-electron chi connectivity index (χ0n) is 6.70. The minimum absolute atomic E-state index is 0.180. The van der Waals surface area contributed by atoms with Crippen LogP contribution in [0.5, 0.6) is 5.75 Å². The summed E-state index contributed by atoms with van der Waals surface area (Å²) in [6.45, 7) is 0.180. The second-order valence-electron chi connectivity index (χ2n) is 2.76. The SMILES string of the molecule is O=C(Cl)C1COOc2ccccc21. The number of rotatable bonds is 1. The van der Waals surface area contributed by atoms with Crippen LogP contribution in [0.15, 0.2) is 24.3 Å². The van der Waals surface area contributed by atoms with Gasteiger partial charge in [-0.25, -0.2) is 0 Å². The fourth-order valence-corrected chi connectivity index (χ4v) is 1.47. The monoisotopic (exact) mass is 198 g/mol.